The molecule has 0 amide bonds. The number of carbonyl (C=O) groups excluding carboxylic acids is 1. The highest BCUT2D eigenvalue weighted by molar-refractivity contribution is 5.69. The molecule has 4 N–H and O–H groups in total. The lowest BCUT2D eigenvalue weighted by Crippen LogP contribution is -2.62. The number of aliphatic hydroxyl groups excluding tert-OH is 2. The average molecular weight is 418 g/mol. The van der Waals surface area contributed by atoms with Crippen LogP contribution in [0.15, 0.2) is 0 Å². The third-order valence-electron chi connectivity index (χ3n) is 5.42. The van der Waals surface area contributed by atoms with Crippen LogP contribution in [-0.4, -0.2) is 60.0 Å². The molecule has 0 aromatic carbocycles. The van der Waals surface area contributed by atoms with Crippen LogP contribution in [0.5, 0.6) is 0 Å². The number of ether oxygens (including phenoxy) is 3. The summed E-state index contributed by atoms with van der Waals surface area (Å²) in [6, 6.07) is -0.837. The molecule has 29 heavy (non-hydrogen) atoms. The van der Waals surface area contributed by atoms with Gasteiger partial charge in [-0.1, -0.05) is 71.6 Å². The van der Waals surface area contributed by atoms with Gasteiger partial charge in [0.15, 0.2) is 6.29 Å². The van der Waals surface area contributed by atoms with Gasteiger partial charge >= 0.3 is 5.97 Å². The number of carbonyl (C=O) groups is 1. The van der Waals surface area contributed by atoms with E-state index >= 15 is 0 Å². The minimum absolute atomic E-state index is 0.115. The third-order valence-corrected chi connectivity index (χ3v) is 5.42. The monoisotopic (exact) mass is 417 g/mol. The molecule has 7 nitrogen and oxygen atoms in total. The molecule has 1 saturated heterocycles. The number of unbranched alkanes of at least 4 members (excludes halogenated alkanes) is 9. The minimum Gasteiger partial charge on any atom is -0.463 e. The Balaban J connectivity index is 2.30. The molecule has 0 aromatic heterocycles. The standard InChI is InChI=1S/C22H43NO6/c1-3-5-7-9-11-13-15-27-22-19(23)21(26)20(25)17(29-22)16-28-18(24)14-12-10-8-6-4-2/h17,19-22,25-26H,3-16,23H2,1-2H3. The smallest absolute Gasteiger partial charge is 0.305 e. The van der Waals surface area contributed by atoms with Crippen LogP contribution in [0.3, 0.4) is 0 Å². The van der Waals surface area contributed by atoms with Gasteiger partial charge in [-0.3, -0.25) is 4.79 Å². The van der Waals surface area contributed by atoms with E-state index in [0.717, 1.165) is 38.5 Å². The molecule has 5 atom stereocenters. The summed E-state index contributed by atoms with van der Waals surface area (Å²) in [7, 11) is 0. The Morgan fingerprint density at radius 2 is 1.48 bits per heavy atom. The van der Waals surface area contributed by atoms with Crippen molar-refractivity contribution in [2.75, 3.05) is 13.2 Å². The van der Waals surface area contributed by atoms with E-state index in [0.29, 0.717) is 13.0 Å². The summed E-state index contributed by atoms with van der Waals surface area (Å²) in [6.07, 6.45) is 8.40. The van der Waals surface area contributed by atoms with E-state index in [2.05, 4.69) is 13.8 Å². The number of hydrogen-bond donors (Lipinski definition) is 3. The van der Waals surface area contributed by atoms with E-state index in [1.165, 1.54) is 32.1 Å². The Labute approximate surface area is 176 Å². The van der Waals surface area contributed by atoms with Crippen LogP contribution in [0.1, 0.15) is 90.9 Å². The molecule has 0 bridgehead atoms. The summed E-state index contributed by atoms with van der Waals surface area (Å²) in [6.45, 7) is 4.70. The molecule has 1 aliphatic heterocycles. The SMILES string of the molecule is CCCCCCCCOC1OC(COC(=O)CCCCCCC)C(O)C(O)C1N. The Bertz CT molecular complexity index is 422. The van der Waals surface area contributed by atoms with Gasteiger partial charge in [0.05, 0.1) is 6.04 Å². The van der Waals surface area contributed by atoms with Crippen LogP contribution < -0.4 is 5.73 Å². The molecule has 1 aliphatic rings. The maximum absolute atomic E-state index is 11.9. The van der Waals surface area contributed by atoms with Crippen LogP contribution in [-0.2, 0) is 19.0 Å². The average Bonchev–Trinajstić information content (AvgIpc) is 2.72. The van der Waals surface area contributed by atoms with Crippen LogP contribution in [0, 0.1) is 0 Å². The van der Waals surface area contributed by atoms with Crippen molar-refractivity contribution in [1.82, 2.24) is 0 Å². The summed E-state index contributed by atoms with van der Waals surface area (Å²) >= 11 is 0. The molecule has 0 saturated carbocycles. The molecule has 172 valence electrons. The predicted molar refractivity (Wildman–Crippen MR) is 112 cm³/mol. The van der Waals surface area contributed by atoms with Crippen LogP contribution >= 0.6 is 0 Å². The van der Waals surface area contributed by atoms with Crippen molar-refractivity contribution in [3.05, 3.63) is 0 Å². The summed E-state index contributed by atoms with van der Waals surface area (Å²) in [5, 5.41) is 20.4. The fraction of sp³-hybridized carbons (Fsp3) is 0.955. The van der Waals surface area contributed by atoms with E-state index in [1.54, 1.807) is 0 Å². The molecule has 1 heterocycles. The third kappa shape index (κ3) is 10.7. The van der Waals surface area contributed by atoms with E-state index in [1.807, 2.05) is 0 Å². The predicted octanol–water partition coefficient (Wildman–Crippen LogP) is 3.04. The van der Waals surface area contributed by atoms with Gasteiger partial charge in [0.2, 0.25) is 0 Å². The second-order valence-electron chi connectivity index (χ2n) is 8.09. The Morgan fingerprint density at radius 3 is 2.14 bits per heavy atom. The van der Waals surface area contributed by atoms with Gasteiger partial charge in [-0.25, -0.2) is 0 Å². The topological polar surface area (TPSA) is 111 Å². The molecule has 1 fully saturated rings. The van der Waals surface area contributed by atoms with Gasteiger partial charge in [0.1, 0.15) is 24.9 Å². The molecule has 1 rings (SSSR count). The van der Waals surface area contributed by atoms with Crippen molar-refractivity contribution in [2.45, 2.75) is 122 Å². The van der Waals surface area contributed by atoms with E-state index in [4.69, 9.17) is 19.9 Å². The van der Waals surface area contributed by atoms with Crippen molar-refractivity contribution in [1.29, 1.82) is 0 Å². The molecule has 0 aromatic rings. The first kappa shape index (κ1) is 26.3. The van der Waals surface area contributed by atoms with Gasteiger partial charge in [0, 0.05) is 13.0 Å². The lowest BCUT2D eigenvalue weighted by Gasteiger charge is -2.40. The molecule has 5 unspecified atom stereocenters. The molecular formula is C22H43NO6. The zero-order valence-corrected chi connectivity index (χ0v) is 18.4. The molecule has 0 radical (unpaired) electrons. The number of hydrogen-bond acceptors (Lipinski definition) is 7. The van der Waals surface area contributed by atoms with Crippen molar-refractivity contribution in [2.24, 2.45) is 5.73 Å². The number of rotatable bonds is 16. The highest BCUT2D eigenvalue weighted by atomic mass is 16.7. The minimum atomic E-state index is -1.21. The maximum Gasteiger partial charge on any atom is 0.305 e. The zero-order chi connectivity index (χ0) is 21.5. The summed E-state index contributed by atoms with van der Waals surface area (Å²) in [4.78, 5) is 11.9. The number of esters is 1. The van der Waals surface area contributed by atoms with Gasteiger partial charge in [-0.05, 0) is 12.8 Å². The summed E-state index contributed by atoms with van der Waals surface area (Å²) in [5.74, 6) is -0.314. The van der Waals surface area contributed by atoms with Crippen LogP contribution in [0.4, 0.5) is 0 Å². The van der Waals surface area contributed by atoms with Crippen molar-refractivity contribution >= 4 is 5.97 Å². The fourth-order valence-electron chi connectivity index (χ4n) is 3.44. The highest BCUT2D eigenvalue weighted by Gasteiger charge is 2.43. The zero-order valence-electron chi connectivity index (χ0n) is 18.4. The first-order valence-electron chi connectivity index (χ1n) is 11.6. The molecular weight excluding hydrogens is 374 g/mol. The Kier molecular flexibility index (Phi) is 14.5. The van der Waals surface area contributed by atoms with Crippen molar-refractivity contribution in [3.63, 3.8) is 0 Å². The second kappa shape index (κ2) is 16.0. The van der Waals surface area contributed by atoms with Crippen LogP contribution in [0.2, 0.25) is 0 Å². The Hall–Kier alpha value is -0.730. The molecule has 7 heteroatoms. The van der Waals surface area contributed by atoms with Gasteiger partial charge in [-0.2, -0.15) is 0 Å². The van der Waals surface area contributed by atoms with Gasteiger partial charge in [0.25, 0.3) is 0 Å². The maximum atomic E-state index is 11.9. The van der Waals surface area contributed by atoms with Gasteiger partial charge in [-0.15, -0.1) is 0 Å². The number of aliphatic hydroxyl groups is 2. The first-order valence-corrected chi connectivity index (χ1v) is 11.6. The largest absolute Gasteiger partial charge is 0.463 e. The first-order chi connectivity index (χ1) is 14.0. The lowest BCUT2D eigenvalue weighted by molar-refractivity contribution is -0.267. The van der Waals surface area contributed by atoms with Gasteiger partial charge < -0.3 is 30.2 Å². The summed E-state index contributed by atoms with van der Waals surface area (Å²) < 4.78 is 16.6. The molecule has 0 aliphatic carbocycles. The lowest BCUT2D eigenvalue weighted by atomic mass is 9.98. The summed E-state index contributed by atoms with van der Waals surface area (Å²) in [5.41, 5.74) is 5.95. The van der Waals surface area contributed by atoms with E-state index < -0.39 is 30.6 Å². The van der Waals surface area contributed by atoms with Crippen LogP contribution in [0.25, 0.3) is 0 Å². The normalized spacial score (nSPS) is 27.1. The highest BCUT2D eigenvalue weighted by Crippen LogP contribution is 2.22. The second-order valence-corrected chi connectivity index (χ2v) is 8.09. The fourth-order valence-corrected chi connectivity index (χ4v) is 3.44. The van der Waals surface area contributed by atoms with Crippen molar-refractivity contribution < 1.29 is 29.2 Å². The molecule has 0 spiro atoms. The Morgan fingerprint density at radius 1 is 0.897 bits per heavy atom. The van der Waals surface area contributed by atoms with Crippen molar-refractivity contribution in [3.8, 4) is 0 Å². The number of nitrogens with two attached hydrogens (primary N) is 1. The quantitative estimate of drug-likeness (QED) is 0.261. The van der Waals surface area contributed by atoms with E-state index in [9.17, 15) is 15.0 Å². The van der Waals surface area contributed by atoms with E-state index in [-0.39, 0.29) is 12.6 Å².